The molecule has 0 saturated heterocycles. The van der Waals surface area contributed by atoms with Crippen LogP contribution in [0.4, 0.5) is 0 Å². The number of hydrogen-bond donors (Lipinski definition) is 0. The van der Waals surface area contributed by atoms with E-state index < -0.39 is 0 Å². The van der Waals surface area contributed by atoms with Gasteiger partial charge in [-0.2, -0.15) is 0 Å². The van der Waals surface area contributed by atoms with E-state index in [-0.39, 0.29) is 0 Å². The Bertz CT molecular complexity index is 196. The van der Waals surface area contributed by atoms with E-state index in [0.29, 0.717) is 0 Å². The zero-order valence-corrected chi connectivity index (χ0v) is 17.0. The van der Waals surface area contributed by atoms with Crippen LogP contribution in [0.5, 0.6) is 0 Å². The highest BCUT2D eigenvalue weighted by Crippen LogP contribution is 2.23. The van der Waals surface area contributed by atoms with Crippen molar-refractivity contribution in [1.29, 1.82) is 0 Å². The van der Waals surface area contributed by atoms with Gasteiger partial charge in [0.25, 0.3) is 0 Å². The van der Waals surface area contributed by atoms with Crippen molar-refractivity contribution in [3.05, 3.63) is 0 Å². The standard InChI is InChI=1S/C23H48/c1-4-7-9-11-12-13-14-15-17-19-22-23(20-6-3)21-18-16-10-8-5-2/h23H,4-22H2,1-3H3. The summed E-state index contributed by atoms with van der Waals surface area (Å²) in [4.78, 5) is 0. The van der Waals surface area contributed by atoms with E-state index in [2.05, 4.69) is 20.8 Å². The van der Waals surface area contributed by atoms with Crippen LogP contribution >= 0.6 is 0 Å². The van der Waals surface area contributed by atoms with Crippen LogP contribution in [0.3, 0.4) is 0 Å². The Hall–Kier alpha value is 0. The molecule has 0 saturated carbocycles. The van der Waals surface area contributed by atoms with Gasteiger partial charge in [-0.3, -0.25) is 0 Å². The second-order valence-corrected chi connectivity index (χ2v) is 7.83. The van der Waals surface area contributed by atoms with Gasteiger partial charge in [0.05, 0.1) is 0 Å². The maximum atomic E-state index is 2.36. The molecule has 0 rings (SSSR count). The minimum atomic E-state index is 1.04. The predicted molar refractivity (Wildman–Crippen MR) is 108 cm³/mol. The van der Waals surface area contributed by atoms with Crippen molar-refractivity contribution in [2.45, 2.75) is 143 Å². The summed E-state index contributed by atoms with van der Waals surface area (Å²) in [5, 5.41) is 0. The van der Waals surface area contributed by atoms with Crippen LogP contribution in [0, 0.1) is 5.92 Å². The Balaban J connectivity index is 3.38. The van der Waals surface area contributed by atoms with Crippen LogP contribution in [0.25, 0.3) is 0 Å². The van der Waals surface area contributed by atoms with E-state index in [0.717, 1.165) is 5.92 Å². The zero-order valence-electron chi connectivity index (χ0n) is 17.0. The Morgan fingerprint density at radius 3 is 1.04 bits per heavy atom. The van der Waals surface area contributed by atoms with Gasteiger partial charge in [0.1, 0.15) is 0 Å². The van der Waals surface area contributed by atoms with Gasteiger partial charge in [-0.05, 0) is 5.92 Å². The third-order valence-electron chi connectivity index (χ3n) is 5.38. The van der Waals surface area contributed by atoms with E-state index in [1.807, 2.05) is 0 Å². The lowest BCUT2D eigenvalue weighted by atomic mass is 9.90. The average Bonchev–Trinajstić information content (AvgIpc) is 2.56. The first kappa shape index (κ1) is 23.0. The van der Waals surface area contributed by atoms with Crippen molar-refractivity contribution < 1.29 is 0 Å². The molecule has 0 spiro atoms. The molecule has 0 nitrogen and oxygen atoms in total. The molecule has 0 aliphatic carbocycles. The van der Waals surface area contributed by atoms with Gasteiger partial charge in [-0.15, -0.1) is 0 Å². The fraction of sp³-hybridized carbons (Fsp3) is 1.00. The van der Waals surface area contributed by atoms with E-state index >= 15 is 0 Å². The molecule has 0 fully saturated rings. The van der Waals surface area contributed by atoms with Gasteiger partial charge in [-0.25, -0.2) is 0 Å². The molecule has 23 heavy (non-hydrogen) atoms. The molecule has 1 unspecified atom stereocenters. The SMILES string of the molecule is CCCCCCCCCCCCC(CCC)CCCCCCC. The molecule has 0 aromatic carbocycles. The van der Waals surface area contributed by atoms with Crippen LogP contribution in [0.1, 0.15) is 143 Å². The second kappa shape index (κ2) is 20.0. The predicted octanol–water partition coefficient (Wildman–Crippen LogP) is 9.07. The molecule has 0 radical (unpaired) electrons. The third-order valence-corrected chi connectivity index (χ3v) is 5.38. The van der Waals surface area contributed by atoms with Crippen molar-refractivity contribution in [1.82, 2.24) is 0 Å². The maximum absolute atomic E-state index is 2.36. The number of hydrogen-bond acceptors (Lipinski definition) is 0. The Morgan fingerprint density at radius 1 is 0.348 bits per heavy atom. The van der Waals surface area contributed by atoms with Crippen LogP contribution in [-0.4, -0.2) is 0 Å². The molecule has 0 aliphatic heterocycles. The van der Waals surface area contributed by atoms with Crippen LogP contribution in [0.15, 0.2) is 0 Å². The molecule has 0 heterocycles. The van der Waals surface area contributed by atoms with Crippen LogP contribution in [-0.2, 0) is 0 Å². The molecule has 0 aliphatic rings. The molecule has 0 bridgehead atoms. The van der Waals surface area contributed by atoms with Crippen molar-refractivity contribution in [2.24, 2.45) is 5.92 Å². The lowest BCUT2D eigenvalue weighted by molar-refractivity contribution is 0.377. The minimum absolute atomic E-state index is 1.04. The summed E-state index contributed by atoms with van der Waals surface area (Å²) in [6, 6.07) is 0. The van der Waals surface area contributed by atoms with Gasteiger partial charge in [0.2, 0.25) is 0 Å². The molecule has 1 atom stereocenters. The van der Waals surface area contributed by atoms with E-state index in [1.54, 1.807) is 0 Å². The number of unbranched alkanes of at least 4 members (excludes halogenated alkanes) is 13. The largest absolute Gasteiger partial charge is 0.0654 e. The molecule has 0 amide bonds. The first-order valence-corrected chi connectivity index (χ1v) is 11.3. The Morgan fingerprint density at radius 2 is 0.696 bits per heavy atom. The molecule has 0 heteroatoms. The summed E-state index contributed by atoms with van der Waals surface area (Å²) in [7, 11) is 0. The monoisotopic (exact) mass is 324 g/mol. The van der Waals surface area contributed by atoms with Gasteiger partial charge in [-0.1, -0.05) is 143 Å². The highest BCUT2D eigenvalue weighted by Gasteiger charge is 2.07. The van der Waals surface area contributed by atoms with E-state index in [4.69, 9.17) is 0 Å². The first-order valence-electron chi connectivity index (χ1n) is 11.3. The van der Waals surface area contributed by atoms with Gasteiger partial charge in [0, 0.05) is 0 Å². The molecule has 140 valence electrons. The normalized spacial score (nSPS) is 12.7. The van der Waals surface area contributed by atoms with Gasteiger partial charge < -0.3 is 0 Å². The van der Waals surface area contributed by atoms with Gasteiger partial charge in [0.15, 0.2) is 0 Å². The van der Waals surface area contributed by atoms with Crippen molar-refractivity contribution in [3.8, 4) is 0 Å². The summed E-state index contributed by atoms with van der Waals surface area (Å²) in [5.41, 5.74) is 0. The molecule has 0 aromatic rings. The molecular formula is C23H48. The quantitative estimate of drug-likeness (QED) is 0.208. The summed E-state index contributed by atoms with van der Waals surface area (Å²) < 4.78 is 0. The Kier molecular flexibility index (Phi) is 20.0. The van der Waals surface area contributed by atoms with Crippen LogP contribution in [0.2, 0.25) is 0 Å². The lowest BCUT2D eigenvalue weighted by Gasteiger charge is -2.16. The summed E-state index contributed by atoms with van der Waals surface area (Å²) in [6.45, 7) is 6.98. The van der Waals surface area contributed by atoms with Crippen LogP contribution < -0.4 is 0 Å². The molecular weight excluding hydrogens is 276 g/mol. The highest BCUT2D eigenvalue weighted by atomic mass is 14.1. The highest BCUT2D eigenvalue weighted by molar-refractivity contribution is 4.60. The summed E-state index contributed by atoms with van der Waals surface area (Å²) in [5.74, 6) is 1.04. The zero-order chi connectivity index (χ0) is 17.0. The molecule has 0 aromatic heterocycles. The Labute approximate surface area is 149 Å². The summed E-state index contributed by atoms with van der Waals surface area (Å²) >= 11 is 0. The lowest BCUT2D eigenvalue weighted by Crippen LogP contribution is -2.00. The van der Waals surface area contributed by atoms with Crippen molar-refractivity contribution >= 4 is 0 Å². The van der Waals surface area contributed by atoms with Crippen molar-refractivity contribution in [3.63, 3.8) is 0 Å². The molecule has 0 N–H and O–H groups in total. The van der Waals surface area contributed by atoms with Gasteiger partial charge >= 0.3 is 0 Å². The fourth-order valence-corrected chi connectivity index (χ4v) is 3.80. The first-order chi connectivity index (χ1) is 11.3. The average molecular weight is 325 g/mol. The third kappa shape index (κ3) is 18.2. The van der Waals surface area contributed by atoms with Crippen molar-refractivity contribution in [2.75, 3.05) is 0 Å². The van der Waals surface area contributed by atoms with E-state index in [1.165, 1.54) is 122 Å². The maximum Gasteiger partial charge on any atom is -0.0414 e. The smallest absolute Gasteiger partial charge is 0.0414 e. The topological polar surface area (TPSA) is 0 Å². The fourth-order valence-electron chi connectivity index (χ4n) is 3.80. The minimum Gasteiger partial charge on any atom is -0.0654 e. The number of rotatable bonds is 19. The summed E-state index contributed by atoms with van der Waals surface area (Å²) in [6.07, 6.45) is 27.8. The van der Waals surface area contributed by atoms with E-state index in [9.17, 15) is 0 Å². The second-order valence-electron chi connectivity index (χ2n) is 7.83.